The van der Waals surface area contributed by atoms with Gasteiger partial charge in [-0.25, -0.2) is 4.79 Å². The van der Waals surface area contributed by atoms with E-state index in [1.54, 1.807) is 6.92 Å². The molecule has 0 saturated heterocycles. The number of aryl methyl sites for hydroxylation is 3. The lowest BCUT2D eigenvalue weighted by atomic mass is 10.1. The second kappa shape index (κ2) is 10.6. The molecule has 0 radical (unpaired) electrons. The molecule has 0 aliphatic heterocycles. The van der Waals surface area contributed by atoms with Crippen LogP contribution in [0.25, 0.3) is 0 Å². The van der Waals surface area contributed by atoms with E-state index < -0.39 is 0 Å². The van der Waals surface area contributed by atoms with Gasteiger partial charge in [0.1, 0.15) is 17.4 Å². The van der Waals surface area contributed by atoms with Gasteiger partial charge in [-0.1, -0.05) is 29.5 Å². The van der Waals surface area contributed by atoms with Gasteiger partial charge in [0.15, 0.2) is 11.0 Å². The standard InChI is InChI=1S/C24H28N4O4S2/c1-5-31-23(30)21-16-7-6-8-18(16)34-22(21)25-20(29)13-33-24-27-26-19(28(24)4)12-32-17-10-9-14(2)11-15(17)3/h9-11H,5-8,12-13H2,1-4H3,(H,25,29). The number of ether oxygens (including phenoxy) is 2. The third-order valence-corrected chi connectivity index (χ3v) is 7.83. The average Bonchev–Trinajstić information content (AvgIpc) is 3.47. The van der Waals surface area contributed by atoms with Gasteiger partial charge in [-0.3, -0.25) is 4.79 Å². The number of nitrogens with one attached hydrogen (secondary N) is 1. The van der Waals surface area contributed by atoms with Crippen LogP contribution in [-0.4, -0.2) is 39.0 Å². The molecule has 34 heavy (non-hydrogen) atoms. The first-order valence-corrected chi connectivity index (χ1v) is 13.0. The number of benzene rings is 1. The summed E-state index contributed by atoms with van der Waals surface area (Å²) in [7, 11) is 1.85. The van der Waals surface area contributed by atoms with E-state index in [2.05, 4.69) is 21.6 Å². The predicted molar refractivity (Wildman–Crippen MR) is 133 cm³/mol. The van der Waals surface area contributed by atoms with Crippen molar-refractivity contribution in [3.8, 4) is 5.75 Å². The molecule has 10 heteroatoms. The van der Waals surface area contributed by atoms with Crippen LogP contribution in [0.3, 0.4) is 0 Å². The monoisotopic (exact) mass is 500 g/mol. The van der Waals surface area contributed by atoms with E-state index >= 15 is 0 Å². The zero-order valence-corrected chi connectivity index (χ0v) is 21.4. The molecule has 0 bridgehead atoms. The SMILES string of the molecule is CCOC(=O)c1c(NC(=O)CSc2nnc(COc3ccc(C)cc3C)n2C)sc2c1CCC2. The van der Waals surface area contributed by atoms with E-state index in [1.165, 1.54) is 28.7 Å². The summed E-state index contributed by atoms with van der Waals surface area (Å²) in [5, 5.41) is 12.5. The Morgan fingerprint density at radius 3 is 2.82 bits per heavy atom. The molecule has 0 fully saturated rings. The van der Waals surface area contributed by atoms with Crippen LogP contribution in [0.5, 0.6) is 5.75 Å². The highest BCUT2D eigenvalue weighted by Crippen LogP contribution is 2.39. The number of hydrogen-bond acceptors (Lipinski definition) is 8. The number of anilines is 1. The first-order chi connectivity index (χ1) is 16.4. The Hall–Kier alpha value is -2.85. The molecule has 2 aromatic heterocycles. The van der Waals surface area contributed by atoms with Crippen molar-refractivity contribution >= 4 is 40.0 Å². The number of thiophene rings is 1. The summed E-state index contributed by atoms with van der Waals surface area (Å²) in [6.07, 6.45) is 2.80. The highest BCUT2D eigenvalue weighted by molar-refractivity contribution is 7.99. The molecule has 0 unspecified atom stereocenters. The number of hydrogen-bond donors (Lipinski definition) is 1. The number of aromatic nitrogens is 3. The van der Waals surface area contributed by atoms with Crippen molar-refractivity contribution in [2.45, 2.75) is 51.8 Å². The molecule has 0 saturated carbocycles. The minimum Gasteiger partial charge on any atom is -0.485 e. The van der Waals surface area contributed by atoms with Crippen LogP contribution in [0.1, 0.15) is 51.1 Å². The minimum absolute atomic E-state index is 0.148. The van der Waals surface area contributed by atoms with E-state index in [0.29, 0.717) is 28.2 Å². The van der Waals surface area contributed by atoms with Gasteiger partial charge in [-0.2, -0.15) is 0 Å². The largest absolute Gasteiger partial charge is 0.485 e. The molecular weight excluding hydrogens is 472 g/mol. The minimum atomic E-state index is -0.369. The van der Waals surface area contributed by atoms with Gasteiger partial charge in [0, 0.05) is 11.9 Å². The number of fused-ring (bicyclic) bond motifs is 1. The zero-order valence-electron chi connectivity index (χ0n) is 19.8. The fraction of sp³-hybridized carbons (Fsp3) is 0.417. The maximum Gasteiger partial charge on any atom is 0.341 e. The molecule has 0 spiro atoms. The van der Waals surface area contributed by atoms with Crippen LogP contribution in [0.2, 0.25) is 0 Å². The summed E-state index contributed by atoms with van der Waals surface area (Å²) < 4.78 is 13.0. The van der Waals surface area contributed by atoms with Crippen LogP contribution in [0.4, 0.5) is 5.00 Å². The molecule has 4 rings (SSSR count). The smallest absolute Gasteiger partial charge is 0.341 e. The molecule has 1 aliphatic rings. The molecule has 1 N–H and O–H groups in total. The summed E-state index contributed by atoms with van der Waals surface area (Å²) in [5.74, 6) is 1.05. The second-order valence-electron chi connectivity index (χ2n) is 8.13. The second-order valence-corrected chi connectivity index (χ2v) is 10.2. The predicted octanol–water partition coefficient (Wildman–Crippen LogP) is 4.47. The van der Waals surface area contributed by atoms with Crippen LogP contribution in [-0.2, 0) is 36.0 Å². The van der Waals surface area contributed by atoms with E-state index in [9.17, 15) is 9.59 Å². The van der Waals surface area contributed by atoms with Crippen molar-refractivity contribution in [1.82, 2.24) is 14.8 Å². The first kappa shape index (κ1) is 24.3. The van der Waals surface area contributed by atoms with E-state index in [-0.39, 0.29) is 24.2 Å². The Bertz CT molecular complexity index is 1220. The Balaban J connectivity index is 1.36. The summed E-state index contributed by atoms with van der Waals surface area (Å²) in [4.78, 5) is 26.3. The number of carbonyl (C=O) groups excluding carboxylic acids is 2. The molecule has 0 atom stereocenters. The fourth-order valence-corrected chi connectivity index (χ4v) is 5.93. The lowest BCUT2D eigenvalue weighted by molar-refractivity contribution is -0.113. The quantitative estimate of drug-likeness (QED) is 0.342. The Morgan fingerprint density at radius 2 is 2.06 bits per heavy atom. The molecule has 2 heterocycles. The summed E-state index contributed by atoms with van der Waals surface area (Å²) in [6.45, 7) is 6.41. The van der Waals surface area contributed by atoms with Crippen LogP contribution in [0, 0.1) is 13.8 Å². The zero-order chi connectivity index (χ0) is 24.2. The van der Waals surface area contributed by atoms with E-state index in [0.717, 1.165) is 41.0 Å². The summed E-state index contributed by atoms with van der Waals surface area (Å²) >= 11 is 2.76. The van der Waals surface area contributed by atoms with Gasteiger partial charge >= 0.3 is 5.97 Å². The summed E-state index contributed by atoms with van der Waals surface area (Å²) in [6, 6.07) is 6.03. The average molecular weight is 501 g/mol. The maximum atomic E-state index is 12.7. The van der Waals surface area contributed by atoms with Crippen molar-refractivity contribution in [3.05, 3.63) is 51.2 Å². The van der Waals surface area contributed by atoms with Crippen molar-refractivity contribution < 1.29 is 19.1 Å². The van der Waals surface area contributed by atoms with Gasteiger partial charge in [0.2, 0.25) is 5.91 Å². The normalized spacial score (nSPS) is 12.5. The highest BCUT2D eigenvalue weighted by Gasteiger charge is 2.28. The van der Waals surface area contributed by atoms with Crippen molar-refractivity contribution in [2.75, 3.05) is 17.7 Å². The summed E-state index contributed by atoms with van der Waals surface area (Å²) in [5.41, 5.74) is 3.78. The van der Waals surface area contributed by atoms with Gasteiger partial charge in [0.25, 0.3) is 0 Å². The maximum absolute atomic E-state index is 12.7. The number of carbonyl (C=O) groups is 2. The molecule has 180 valence electrons. The fourth-order valence-electron chi connectivity index (χ4n) is 3.90. The van der Waals surface area contributed by atoms with Crippen LogP contribution >= 0.6 is 23.1 Å². The number of esters is 1. The number of rotatable bonds is 9. The van der Waals surface area contributed by atoms with Crippen LogP contribution in [0.15, 0.2) is 23.4 Å². The topological polar surface area (TPSA) is 95.3 Å². The molecule has 1 amide bonds. The number of nitrogens with zero attached hydrogens (tertiary/aromatic N) is 3. The Labute approximate surface area is 207 Å². The van der Waals surface area contributed by atoms with Gasteiger partial charge in [-0.05, 0) is 57.2 Å². The molecular formula is C24H28N4O4S2. The van der Waals surface area contributed by atoms with E-state index in [4.69, 9.17) is 9.47 Å². The van der Waals surface area contributed by atoms with Crippen LogP contribution < -0.4 is 10.1 Å². The van der Waals surface area contributed by atoms with Crippen molar-refractivity contribution in [1.29, 1.82) is 0 Å². The lowest BCUT2D eigenvalue weighted by Gasteiger charge is -2.10. The number of thioether (sulfide) groups is 1. The lowest BCUT2D eigenvalue weighted by Crippen LogP contribution is -2.17. The molecule has 1 aliphatic carbocycles. The van der Waals surface area contributed by atoms with Gasteiger partial charge in [0.05, 0.1) is 17.9 Å². The molecule has 8 nitrogen and oxygen atoms in total. The number of amides is 1. The third kappa shape index (κ3) is 5.28. The van der Waals surface area contributed by atoms with Crippen molar-refractivity contribution in [3.63, 3.8) is 0 Å². The first-order valence-electron chi connectivity index (χ1n) is 11.2. The molecule has 1 aromatic carbocycles. The Morgan fingerprint density at radius 1 is 1.24 bits per heavy atom. The van der Waals surface area contributed by atoms with Gasteiger partial charge < -0.3 is 19.4 Å². The third-order valence-electron chi connectivity index (χ3n) is 5.60. The van der Waals surface area contributed by atoms with E-state index in [1.807, 2.05) is 37.6 Å². The molecule has 3 aromatic rings. The van der Waals surface area contributed by atoms with Crippen molar-refractivity contribution in [2.24, 2.45) is 7.05 Å². The van der Waals surface area contributed by atoms with Gasteiger partial charge in [-0.15, -0.1) is 21.5 Å². The highest BCUT2D eigenvalue weighted by atomic mass is 32.2. The Kier molecular flexibility index (Phi) is 7.57.